The Morgan fingerprint density at radius 1 is 0.800 bits per heavy atom. The molecule has 0 radical (unpaired) electrons. The van der Waals surface area contributed by atoms with Gasteiger partial charge in [-0.2, -0.15) is 31.4 Å². The summed E-state index contributed by atoms with van der Waals surface area (Å²) < 4.78 is 85.8. The smallest absolute Gasteiger partial charge is 0.359 e. The van der Waals surface area contributed by atoms with Gasteiger partial charge in [0.15, 0.2) is 11.6 Å². The highest BCUT2D eigenvalue weighted by molar-refractivity contribution is 5.66. The van der Waals surface area contributed by atoms with E-state index < -0.39 is 29.0 Å². The highest BCUT2D eigenvalue weighted by Gasteiger charge is 2.39. The Morgan fingerprint density at radius 2 is 1.54 bits per heavy atom. The van der Waals surface area contributed by atoms with Crippen molar-refractivity contribution in [1.82, 2.24) is 24.9 Å². The van der Waals surface area contributed by atoms with E-state index in [1.165, 1.54) is 16.9 Å². The number of alkyl halides is 6. The van der Waals surface area contributed by atoms with Gasteiger partial charge in [0.25, 0.3) is 0 Å². The molecule has 0 bridgehead atoms. The molecule has 2 aromatic carbocycles. The topological polar surface area (TPSA) is 69.6 Å². The molecular weight excluding hydrogens is 476 g/mol. The van der Waals surface area contributed by atoms with E-state index in [9.17, 15) is 26.3 Å². The van der Waals surface area contributed by atoms with Gasteiger partial charge in [0.05, 0.1) is 23.5 Å². The fraction of sp³-hybridized carbons (Fsp3) is 0.130. The highest BCUT2D eigenvalue weighted by Crippen LogP contribution is 2.40. The fourth-order valence-electron chi connectivity index (χ4n) is 3.52. The summed E-state index contributed by atoms with van der Waals surface area (Å²) in [6.45, 7) is -0.00153. The maximum atomic E-state index is 13.5. The third kappa shape index (κ3) is 4.59. The molecule has 3 aromatic rings. The highest BCUT2D eigenvalue weighted by atomic mass is 19.4. The lowest BCUT2D eigenvalue weighted by molar-refractivity contribution is -0.142. The van der Waals surface area contributed by atoms with Crippen molar-refractivity contribution >= 4 is 0 Å². The van der Waals surface area contributed by atoms with Crippen LogP contribution in [0, 0.1) is 0 Å². The van der Waals surface area contributed by atoms with Crippen LogP contribution < -0.4 is 0 Å². The van der Waals surface area contributed by atoms with E-state index in [2.05, 4.69) is 20.2 Å². The lowest BCUT2D eigenvalue weighted by Crippen LogP contribution is -2.12. The molecule has 0 unspecified atom stereocenters. The average molecular weight is 489 g/mol. The molecular formula is C23H13F6N5O. The molecule has 1 aromatic heterocycles. The molecule has 5 rings (SSSR count). The standard InChI is InChI=1S/C23H13F6N5O/c24-22(25,26)14-6-7-16(17(8-14)23(27,28)29)18-9-15(35-33-18)11-34-12-20-19(10-30-34)31-21(32-20)13-4-2-1-3-5-13/h1-10,12H,11H2. The van der Waals surface area contributed by atoms with Crippen LogP contribution in [0.5, 0.6) is 0 Å². The first-order chi connectivity index (χ1) is 16.6. The van der Waals surface area contributed by atoms with Crippen molar-refractivity contribution in [3.63, 3.8) is 0 Å². The first kappa shape index (κ1) is 22.6. The Kier molecular flexibility index (Phi) is 5.30. The first-order valence-corrected chi connectivity index (χ1v) is 10.1. The Balaban J connectivity index is 1.43. The summed E-state index contributed by atoms with van der Waals surface area (Å²) in [5.41, 5.74) is -1.72. The van der Waals surface area contributed by atoms with E-state index in [0.717, 1.165) is 11.6 Å². The Hall–Kier alpha value is -4.22. The number of aromatic nitrogens is 5. The maximum absolute atomic E-state index is 13.5. The van der Waals surface area contributed by atoms with E-state index >= 15 is 0 Å². The largest absolute Gasteiger partial charge is 0.417 e. The molecule has 0 atom stereocenters. The van der Waals surface area contributed by atoms with Crippen LogP contribution in [0.15, 0.2) is 71.5 Å². The SMILES string of the molecule is FC(F)(F)c1ccc(-c2cc(Cn3cc4nc(-c5ccccc5)nc-4cn3)on2)c(C(F)(F)F)c1. The molecule has 12 heteroatoms. The second kappa shape index (κ2) is 8.22. The van der Waals surface area contributed by atoms with Crippen molar-refractivity contribution in [1.29, 1.82) is 0 Å². The molecule has 2 aliphatic rings. The van der Waals surface area contributed by atoms with Crippen LogP contribution >= 0.6 is 0 Å². The van der Waals surface area contributed by atoms with Crippen LogP contribution in [0.3, 0.4) is 0 Å². The quantitative estimate of drug-likeness (QED) is 0.282. The molecule has 3 heterocycles. The van der Waals surface area contributed by atoms with Crippen molar-refractivity contribution in [2.75, 3.05) is 0 Å². The van der Waals surface area contributed by atoms with Gasteiger partial charge in [-0.05, 0) is 12.1 Å². The number of benzene rings is 2. The Labute approximate surface area is 193 Å². The first-order valence-electron chi connectivity index (χ1n) is 10.1. The molecule has 0 fully saturated rings. The van der Waals surface area contributed by atoms with E-state index in [1.807, 2.05) is 30.3 Å². The molecule has 0 spiro atoms. The third-order valence-electron chi connectivity index (χ3n) is 5.15. The summed E-state index contributed by atoms with van der Waals surface area (Å²) in [4.78, 5) is 8.89. The van der Waals surface area contributed by atoms with Crippen LogP contribution in [-0.4, -0.2) is 24.9 Å². The normalized spacial score (nSPS) is 12.4. The second-order valence-corrected chi connectivity index (χ2v) is 7.59. The zero-order valence-corrected chi connectivity index (χ0v) is 17.5. The van der Waals surface area contributed by atoms with Crippen molar-refractivity contribution < 1.29 is 30.9 Å². The van der Waals surface area contributed by atoms with Crippen LogP contribution in [-0.2, 0) is 18.9 Å². The van der Waals surface area contributed by atoms with Crippen molar-refractivity contribution in [3.8, 4) is 34.0 Å². The van der Waals surface area contributed by atoms with Crippen LogP contribution in [0.1, 0.15) is 16.9 Å². The summed E-state index contributed by atoms with van der Waals surface area (Å²) in [6, 6.07) is 11.9. The van der Waals surface area contributed by atoms with E-state index in [-0.39, 0.29) is 24.1 Å². The summed E-state index contributed by atoms with van der Waals surface area (Å²) in [5.74, 6) is 0.664. The molecule has 35 heavy (non-hydrogen) atoms. The summed E-state index contributed by atoms with van der Waals surface area (Å²) in [5, 5.41) is 7.84. The minimum atomic E-state index is -5.02. The molecule has 0 saturated carbocycles. The number of fused-ring (bicyclic) bond motifs is 1. The maximum Gasteiger partial charge on any atom is 0.417 e. The Morgan fingerprint density at radius 3 is 2.26 bits per heavy atom. The van der Waals surface area contributed by atoms with Crippen molar-refractivity contribution in [3.05, 3.63) is 83.9 Å². The predicted molar refractivity (Wildman–Crippen MR) is 111 cm³/mol. The minimum Gasteiger partial charge on any atom is -0.359 e. The predicted octanol–water partition coefficient (Wildman–Crippen LogP) is 6.19. The van der Waals surface area contributed by atoms with Gasteiger partial charge in [0, 0.05) is 17.2 Å². The second-order valence-electron chi connectivity index (χ2n) is 7.59. The summed E-state index contributed by atoms with van der Waals surface area (Å²) >= 11 is 0. The van der Waals surface area contributed by atoms with Crippen LogP contribution in [0.25, 0.3) is 34.0 Å². The lowest BCUT2D eigenvalue weighted by atomic mass is 10.0. The minimum absolute atomic E-state index is 0.00153. The lowest BCUT2D eigenvalue weighted by Gasteiger charge is -2.14. The number of hydrogen-bond donors (Lipinski definition) is 0. The fourth-order valence-corrected chi connectivity index (χ4v) is 3.52. The van der Waals surface area contributed by atoms with Crippen LogP contribution in [0.2, 0.25) is 0 Å². The average Bonchev–Trinajstić information content (AvgIpc) is 3.45. The van der Waals surface area contributed by atoms with Gasteiger partial charge in [-0.25, -0.2) is 9.97 Å². The number of rotatable bonds is 4. The number of nitrogens with zero attached hydrogens (tertiary/aromatic N) is 5. The van der Waals surface area contributed by atoms with E-state index in [4.69, 9.17) is 4.52 Å². The molecule has 0 N–H and O–H groups in total. The number of imidazole rings is 1. The van der Waals surface area contributed by atoms with E-state index in [0.29, 0.717) is 23.3 Å². The van der Waals surface area contributed by atoms with Crippen molar-refractivity contribution in [2.45, 2.75) is 18.9 Å². The van der Waals surface area contributed by atoms with Gasteiger partial charge < -0.3 is 4.52 Å². The van der Waals surface area contributed by atoms with Gasteiger partial charge >= 0.3 is 12.4 Å². The number of hydrogen-bond acceptors (Lipinski definition) is 5. The molecule has 0 aliphatic carbocycles. The zero-order valence-electron chi connectivity index (χ0n) is 17.5. The molecule has 0 saturated heterocycles. The molecule has 6 nitrogen and oxygen atoms in total. The third-order valence-corrected chi connectivity index (χ3v) is 5.15. The Bertz CT molecular complexity index is 1460. The number of halogens is 6. The van der Waals surface area contributed by atoms with Gasteiger partial charge in [0.1, 0.15) is 23.6 Å². The monoisotopic (exact) mass is 489 g/mol. The summed E-state index contributed by atoms with van der Waals surface area (Å²) in [6.07, 6.45) is -6.86. The summed E-state index contributed by atoms with van der Waals surface area (Å²) in [7, 11) is 0. The van der Waals surface area contributed by atoms with Crippen LogP contribution in [0.4, 0.5) is 26.3 Å². The molecule has 0 amide bonds. The van der Waals surface area contributed by atoms with Gasteiger partial charge in [-0.1, -0.05) is 41.6 Å². The molecule has 178 valence electrons. The van der Waals surface area contributed by atoms with Gasteiger partial charge in [-0.3, -0.25) is 4.68 Å². The van der Waals surface area contributed by atoms with Gasteiger partial charge in [0.2, 0.25) is 0 Å². The zero-order chi connectivity index (χ0) is 24.8. The van der Waals surface area contributed by atoms with Crippen molar-refractivity contribution in [2.24, 2.45) is 0 Å². The van der Waals surface area contributed by atoms with E-state index in [1.54, 1.807) is 6.20 Å². The van der Waals surface area contributed by atoms with Gasteiger partial charge in [-0.15, -0.1) is 0 Å². The molecule has 2 aliphatic heterocycles.